The smallest absolute Gasteiger partial charge is 0.128 e. The van der Waals surface area contributed by atoms with E-state index in [1.165, 1.54) is 4.91 Å². The van der Waals surface area contributed by atoms with Crippen LogP contribution >= 0.6 is 11.9 Å². The highest BCUT2D eigenvalue weighted by Crippen LogP contribution is 2.22. The molecule has 0 bridgehead atoms. The molecule has 0 saturated heterocycles. The largest absolute Gasteiger partial charge is 0.232 e. The van der Waals surface area contributed by atoms with Gasteiger partial charge in [0.15, 0.2) is 0 Å². The topological polar surface area (TPSA) is 54.4 Å². The minimum atomic E-state index is 1.10. The van der Waals surface area contributed by atoms with Crippen molar-refractivity contribution < 1.29 is 5.43 Å². The van der Waals surface area contributed by atoms with Gasteiger partial charge < -0.3 is 0 Å². The Balaban J connectivity index is 2.29. The number of rotatable bonds is 1. The molecule has 11 heavy (non-hydrogen) atoms. The van der Waals surface area contributed by atoms with Gasteiger partial charge in [0, 0.05) is 17.5 Å². The monoisotopic (exact) mass is 167 g/mol. The predicted octanol–water partition coefficient (Wildman–Crippen LogP) is -0.495. The maximum atomic E-state index is 3.78. The third kappa shape index (κ3) is 1.40. The van der Waals surface area contributed by atoms with Gasteiger partial charge in [-0.15, -0.1) is 4.83 Å². The summed E-state index contributed by atoms with van der Waals surface area (Å²) in [6.45, 7) is 0. The van der Waals surface area contributed by atoms with Gasteiger partial charge in [-0.25, -0.2) is 5.43 Å². The molecule has 0 spiro atoms. The molecule has 2 rings (SSSR count). The van der Waals surface area contributed by atoms with Crippen LogP contribution in [0.15, 0.2) is 24.7 Å². The van der Waals surface area contributed by atoms with Crippen molar-refractivity contribution in [2.75, 3.05) is 0 Å². The fourth-order valence-corrected chi connectivity index (χ4v) is 1.47. The lowest BCUT2D eigenvalue weighted by Crippen LogP contribution is -2.83. The van der Waals surface area contributed by atoms with Gasteiger partial charge in [-0.2, -0.15) is 10.2 Å². The van der Waals surface area contributed by atoms with Crippen molar-refractivity contribution >= 4 is 16.9 Å². The third-order valence-corrected chi connectivity index (χ3v) is 2.19. The fourth-order valence-electron chi connectivity index (χ4n) is 0.833. The highest BCUT2D eigenvalue weighted by atomic mass is 32.2. The number of hydrogen-bond donors (Lipinski definition) is 2. The molecule has 1 aromatic rings. The molecule has 56 valence electrons. The maximum absolute atomic E-state index is 3.78. The van der Waals surface area contributed by atoms with Gasteiger partial charge in [0.1, 0.15) is 6.20 Å². The van der Waals surface area contributed by atoms with Crippen LogP contribution in [0.1, 0.15) is 5.56 Å². The first-order chi connectivity index (χ1) is 5.47. The lowest BCUT2D eigenvalue weighted by Gasteiger charge is -1.93. The van der Waals surface area contributed by atoms with Gasteiger partial charge in [0.2, 0.25) is 0 Å². The standard InChI is InChI=1S/C6H6N4S/c1-2-7-8-3-5(1)6-4-9-10-11-6/h1-4,9-10H/p+1. The fraction of sp³-hybridized carbons (Fsp3) is 0. The Kier molecular flexibility index (Phi) is 1.85. The van der Waals surface area contributed by atoms with Crippen LogP contribution in [-0.4, -0.2) is 10.2 Å². The van der Waals surface area contributed by atoms with Crippen molar-refractivity contribution in [3.05, 3.63) is 30.2 Å². The summed E-state index contributed by atoms with van der Waals surface area (Å²) in [5.41, 5.74) is 3.01. The molecule has 0 saturated carbocycles. The van der Waals surface area contributed by atoms with Crippen LogP contribution in [0.5, 0.6) is 0 Å². The van der Waals surface area contributed by atoms with Crippen LogP contribution < -0.4 is 10.3 Å². The van der Waals surface area contributed by atoms with Gasteiger partial charge in [-0.3, -0.25) is 0 Å². The Morgan fingerprint density at radius 1 is 1.45 bits per heavy atom. The van der Waals surface area contributed by atoms with Crippen LogP contribution in [0, 0.1) is 0 Å². The van der Waals surface area contributed by atoms with Crippen LogP contribution in [0.4, 0.5) is 0 Å². The molecule has 0 amide bonds. The number of quaternary nitrogens is 1. The Labute approximate surface area is 68.2 Å². The second-order valence-electron chi connectivity index (χ2n) is 2.05. The zero-order chi connectivity index (χ0) is 7.52. The quantitative estimate of drug-likeness (QED) is 0.437. The molecule has 0 atom stereocenters. The van der Waals surface area contributed by atoms with Gasteiger partial charge >= 0.3 is 0 Å². The van der Waals surface area contributed by atoms with Crippen molar-refractivity contribution in [1.82, 2.24) is 15.0 Å². The first-order valence-electron chi connectivity index (χ1n) is 3.20. The summed E-state index contributed by atoms with van der Waals surface area (Å²) in [5.74, 6) is 0. The molecule has 5 heteroatoms. The van der Waals surface area contributed by atoms with Gasteiger partial charge in [0.05, 0.1) is 17.3 Å². The van der Waals surface area contributed by atoms with E-state index >= 15 is 0 Å². The van der Waals surface area contributed by atoms with Crippen LogP contribution in [0.25, 0.3) is 4.91 Å². The predicted molar refractivity (Wildman–Crippen MR) is 42.7 cm³/mol. The Bertz CT molecular complexity index is 271. The van der Waals surface area contributed by atoms with Crippen molar-refractivity contribution in [1.29, 1.82) is 0 Å². The number of nitrogens with one attached hydrogen (secondary N) is 1. The molecule has 3 N–H and O–H groups in total. The minimum absolute atomic E-state index is 1.10. The van der Waals surface area contributed by atoms with E-state index in [9.17, 15) is 0 Å². The van der Waals surface area contributed by atoms with E-state index in [-0.39, 0.29) is 0 Å². The molecular formula is C6H7N4S+. The first-order valence-corrected chi connectivity index (χ1v) is 4.01. The van der Waals surface area contributed by atoms with E-state index in [1.807, 2.05) is 17.7 Å². The van der Waals surface area contributed by atoms with Crippen molar-refractivity contribution in [3.63, 3.8) is 0 Å². The molecule has 1 aromatic heterocycles. The summed E-state index contributed by atoms with van der Waals surface area (Å²) < 4.78 is 0. The van der Waals surface area contributed by atoms with Crippen molar-refractivity contribution in [3.8, 4) is 0 Å². The Hall–Kier alpha value is -0.910. The van der Waals surface area contributed by atoms with Gasteiger partial charge in [-0.1, -0.05) is 0 Å². The van der Waals surface area contributed by atoms with Crippen LogP contribution in [-0.2, 0) is 0 Å². The second-order valence-corrected chi connectivity index (χ2v) is 2.93. The summed E-state index contributed by atoms with van der Waals surface area (Å²) in [5, 5.41) is 7.48. The van der Waals surface area contributed by atoms with E-state index in [2.05, 4.69) is 15.0 Å². The molecule has 0 unspecified atom stereocenters. The molecule has 0 radical (unpaired) electrons. The average Bonchev–Trinajstić information content (AvgIpc) is 2.58. The van der Waals surface area contributed by atoms with Crippen LogP contribution in [0.2, 0.25) is 0 Å². The summed E-state index contributed by atoms with van der Waals surface area (Å²) in [4.78, 5) is 4.20. The van der Waals surface area contributed by atoms with E-state index < -0.39 is 0 Å². The summed E-state index contributed by atoms with van der Waals surface area (Å²) >= 11 is 1.58. The highest BCUT2D eigenvalue weighted by Gasteiger charge is 2.10. The van der Waals surface area contributed by atoms with E-state index in [0.29, 0.717) is 0 Å². The zero-order valence-corrected chi connectivity index (χ0v) is 6.51. The van der Waals surface area contributed by atoms with E-state index in [1.54, 1.807) is 24.3 Å². The van der Waals surface area contributed by atoms with Gasteiger partial charge in [0.25, 0.3) is 0 Å². The Morgan fingerprint density at radius 3 is 3.09 bits per heavy atom. The summed E-state index contributed by atoms with van der Waals surface area (Å²) in [6.07, 6.45) is 5.45. The Morgan fingerprint density at radius 2 is 2.45 bits per heavy atom. The van der Waals surface area contributed by atoms with E-state index in [4.69, 9.17) is 0 Å². The second kappa shape index (κ2) is 3.00. The van der Waals surface area contributed by atoms with E-state index in [0.717, 1.165) is 5.56 Å². The minimum Gasteiger partial charge on any atom is -0.232 e. The van der Waals surface area contributed by atoms with Gasteiger partial charge in [-0.05, 0) is 6.07 Å². The maximum Gasteiger partial charge on any atom is 0.128 e. The molecule has 2 heterocycles. The molecule has 4 nitrogen and oxygen atoms in total. The highest BCUT2D eigenvalue weighted by molar-refractivity contribution is 8.06. The molecule has 0 fully saturated rings. The summed E-state index contributed by atoms with van der Waals surface area (Å²) in [6, 6.07) is 1.94. The first kappa shape index (κ1) is 6.78. The lowest BCUT2D eigenvalue weighted by molar-refractivity contribution is -0.620. The van der Waals surface area contributed by atoms with Crippen LogP contribution in [0.3, 0.4) is 0 Å². The zero-order valence-electron chi connectivity index (χ0n) is 5.69. The normalized spacial score (nSPS) is 16.5. The summed E-state index contributed by atoms with van der Waals surface area (Å²) in [7, 11) is 0. The lowest BCUT2D eigenvalue weighted by atomic mass is 10.3. The third-order valence-electron chi connectivity index (χ3n) is 1.34. The van der Waals surface area contributed by atoms with Crippen molar-refractivity contribution in [2.45, 2.75) is 0 Å². The molecule has 0 aromatic carbocycles. The number of nitrogens with zero attached hydrogens (tertiary/aromatic N) is 2. The number of nitrogens with two attached hydrogens (primary N) is 1. The molecule has 1 aliphatic rings. The molecule has 0 aliphatic carbocycles. The van der Waals surface area contributed by atoms with Crippen molar-refractivity contribution in [2.24, 2.45) is 0 Å². The number of aromatic nitrogens is 2. The average molecular weight is 167 g/mol. The molecular weight excluding hydrogens is 160 g/mol. The SMILES string of the molecule is C1=C(c2ccnnc2)SN[NH2+]1. The molecule has 1 aliphatic heterocycles. The number of hydrogen-bond acceptors (Lipinski definition) is 4.